The summed E-state index contributed by atoms with van der Waals surface area (Å²) in [6, 6.07) is 8.93. The van der Waals surface area contributed by atoms with Crippen LogP contribution in [0, 0.1) is 11.8 Å². The molecule has 1 aromatic carbocycles. The van der Waals surface area contributed by atoms with Gasteiger partial charge in [0.1, 0.15) is 0 Å². The van der Waals surface area contributed by atoms with E-state index in [1.54, 1.807) is 24.3 Å². The first-order valence-electron chi connectivity index (χ1n) is 6.77. The average molecular weight is 307 g/mol. The minimum atomic E-state index is -1.02. The summed E-state index contributed by atoms with van der Waals surface area (Å²) in [6.07, 6.45) is -1.20. The fourth-order valence-corrected chi connectivity index (χ4v) is 2.18. The van der Waals surface area contributed by atoms with Crippen LogP contribution < -0.4 is 0 Å². The molecule has 1 fully saturated rings. The molecule has 7 nitrogen and oxygen atoms in total. The molecule has 0 aromatic heterocycles. The first kappa shape index (κ1) is 15.8. The van der Waals surface area contributed by atoms with Crippen molar-refractivity contribution in [1.29, 1.82) is 0 Å². The summed E-state index contributed by atoms with van der Waals surface area (Å²) in [6.45, 7) is 0.0883. The molecule has 1 aliphatic carbocycles. The van der Waals surface area contributed by atoms with Gasteiger partial charge in [0.2, 0.25) is 0 Å². The molecule has 0 radical (unpaired) electrons. The molecule has 0 bridgehead atoms. The van der Waals surface area contributed by atoms with Crippen molar-refractivity contribution < 1.29 is 28.7 Å². The highest BCUT2D eigenvalue weighted by Crippen LogP contribution is 2.41. The van der Waals surface area contributed by atoms with Crippen molar-refractivity contribution in [3.63, 3.8) is 0 Å². The zero-order valence-electron chi connectivity index (χ0n) is 12.4. The molecule has 0 heterocycles. The second-order valence-electron chi connectivity index (χ2n) is 4.91. The Bertz CT molecular complexity index is 558. The summed E-state index contributed by atoms with van der Waals surface area (Å²) >= 11 is 0. The number of methoxy groups -OCH3 is 2. The Hall–Kier alpha value is -2.57. The Morgan fingerprint density at radius 1 is 1.14 bits per heavy atom. The zero-order chi connectivity index (χ0) is 16.1. The summed E-state index contributed by atoms with van der Waals surface area (Å²) < 4.78 is 8.88. The first-order chi connectivity index (χ1) is 10.6. The van der Waals surface area contributed by atoms with Gasteiger partial charge >= 0.3 is 12.2 Å². The molecule has 1 saturated carbocycles. The summed E-state index contributed by atoms with van der Waals surface area (Å²) in [5, 5.41) is 0.773. The summed E-state index contributed by atoms with van der Waals surface area (Å²) in [5.74, 6) is -0.235. The second kappa shape index (κ2) is 6.93. The highest BCUT2D eigenvalue weighted by Gasteiger charge is 2.45. The van der Waals surface area contributed by atoms with Crippen molar-refractivity contribution in [3.8, 4) is 0 Å². The quantitative estimate of drug-likeness (QED) is 0.482. The number of rotatable bonds is 4. The van der Waals surface area contributed by atoms with Gasteiger partial charge in [-0.1, -0.05) is 30.3 Å². The maximum atomic E-state index is 12.2. The van der Waals surface area contributed by atoms with Gasteiger partial charge in [-0.15, -0.1) is 5.06 Å². The third-order valence-electron chi connectivity index (χ3n) is 3.45. The number of Topliss-reactive ketones (excluding diaryl/α,β-unsaturated/α-hetero) is 1. The van der Waals surface area contributed by atoms with Crippen molar-refractivity contribution in [2.24, 2.45) is 11.8 Å². The van der Waals surface area contributed by atoms with E-state index in [-0.39, 0.29) is 24.2 Å². The number of ether oxygens (including phenoxy) is 2. The van der Waals surface area contributed by atoms with Crippen LogP contribution in [-0.4, -0.2) is 43.9 Å². The third kappa shape index (κ3) is 3.75. The molecule has 0 N–H and O–H groups in total. The Kier molecular flexibility index (Phi) is 4.98. The number of benzene rings is 1. The molecule has 1 amide bonds. The van der Waals surface area contributed by atoms with Gasteiger partial charge in [0.15, 0.2) is 5.78 Å². The van der Waals surface area contributed by atoms with Gasteiger partial charge in [-0.2, -0.15) is 0 Å². The molecule has 1 aliphatic rings. The van der Waals surface area contributed by atoms with E-state index in [4.69, 9.17) is 4.84 Å². The summed E-state index contributed by atoms with van der Waals surface area (Å²) in [4.78, 5) is 39.7. The highest BCUT2D eigenvalue weighted by molar-refractivity contribution is 5.99. The van der Waals surface area contributed by atoms with Crippen molar-refractivity contribution in [1.82, 2.24) is 5.06 Å². The Labute approximate surface area is 127 Å². The van der Waals surface area contributed by atoms with E-state index in [1.165, 1.54) is 7.11 Å². The molecule has 2 atom stereocenters. The normalized spacial score (nSPS) is 19.0. The van der Waals surface area contributed by atoms with Gasteiger partial charge < -0.3 is 14.3 Å². The van der Waals surface area contributed by atoms with E-state index in [9.17, 15) is 14.4 Å². The van der Waals surface area contributed by atoms with Gasteiger partial charge in [-0.25, -0.2) is 9.59 Å². The van der Waals surface area contributed by atoms with E-state index in [2.05, 4.69) is 9.47 Å². The lowest BCUT2D eigenvalue weighted by molar-refractivity contribution is -0.106. The Balaban J connectivity index is 1.94. The lowest BCUT2D eigenvalue weighted by Crippen LogP contribution is -2.35. The number of hydrogen-bond acceptors (Lipinski definition) is 6. The van der Waals surface area contributed by atoms with E-state index in [0.717, 1.165) is 12.2 Å². The van der Waals surface area contributed by atoms with Crippen LogP contribution in [0.2, 0.25) is 0 Å². The van der Waals surface area contributed by atoms with Gasteiger partial charge in [0, 0.05) is 11.5 Å². The zero-order valence-corrected chi connectivity index (χ0v) is 12.4. The molecule has 0 spiro atoms. The monoisotopic (exact) mass is 307 g/mol. The van der Waals surface area contributed by atoms with Crippen LogP contribution in [0.5, 0.6) is 0 Å². The first-order valence-corrected chi connectivity index (χ1v) is 6.77. The fourth-order valence-electron chi connectivity index (χ4n) is 2.18. The molecule has 0 unspecified atom stereocenters. The van der Waals surface area contributed by atoms with Crippen molar-refractivity contribution in [2.45, 2.75) is 6.42 Å². The predicted octanol–water partition coefficient (Wildman–Crippen LogP) is 2.27. The Morgan fingerprint density at radius 3 is 2.41 bits per heavy atom. The largest absolute Gasteiger partial charge is 0.533 e. The molecule has 22 heavy (non-hydrogen) atoms. The Morgan fingerprint density at radius 2 is 1.82 bits per heavy atom. The second-order valence-corrected chi connectivity index (χ2v) is 4.91. The highest BCUT2D eigenvalue weighted by atomic mass is 16.8. The van der Waals surface area contributed by atoms with E-state index in [1.807, 2.05) is 6.07 Å². The number of nitrogens with zero attached hydrogens (tertiary/aromatic N) is 1. The molecule has 118 valence electrons. The van der Waals surface area contributed by atoms with Crippen LogP contribution in [0.4, 0.5) is 9.59 Å². The standard InChI is InChI=1S/C15H17NO6/c1-20-14(18)16(22-15(19)21-2)9-11-8-12(11)13(17)10-6-4-3-5-7-10/h3-7,11-12H,8-9H2,1-2H3/t11-,12+/m0/s1. The maximum absolute atomic E-state index is 12.2. The SMILES string of the molecule is COC(=O)ON(C[C@@H]1C[C@H]1C(=O)c1ccccc1)C(=O)OC. The van der Waals surface area contributed by atoms with Crippen molar-refractivity contribution in [3.05, 3.63) is 35.9 Å². The van der Waals surface area contributed by atoms with Crippen molar-refractivity contribution >= 4 is 18.0 Å². The third-order valence-corrected chi connectivity index (χ3v) is 3.45. The van der Waals surface area contributed by atoms with Crippen molar-refractivity contribution in [2.75, 3.05) is 20.8 Å². The fraction of sp³-hybridized carbons (Fsp3) is 0.400. The van der Waals surface area contributed by atoms with Gasteiger partial charge in [0.25, 0.3) is 0 Å². The average Bonchev–Trinajstić information content (AvgIpc) is 3.32. The van der Waals surface area contributed by atoms with Gasteiger partial charge in [-0.05, 0) is 12.3 Å². The molecular weight excluding hydrogens is 290 g/mol. The van der Waals surface area contributed by atoms with Crippen LogP contribution in [-0.2, 0) is 14.3 Å². The minimum Gasteiger partial charge on any atom is -0.451 e. The number of hydroxylamine groups is 2. The lowest BCUT2D eigenvalue weighted by Gasteiger charge is -2.18. The van der Waals surface area contributed by atoms with E-state index < -0.39 is 12.2 Å². The molecule has 1 aromatic rings. The smallest absolute Gasteiger partial charge is 0.451 e. The number of amides is 1. The maximum Gasteiger partial charge on any atom is 0.533 e. The van der Waals surface area contributed by atoms with Gasteiger partial charge in [-0.3, -0.25) is 4.79 Å². The number of hydrogen-bond donors (Lipinski definition) is 0. The lowest BCUT2D eigenvalue weighted by atomic mass is 10.1. The summed E-state index contributed by atoms with van der Waals surface area (Å²) in [5.41, 5.74) is 0.633. The molecular formula is C15H17NO6. The van der Waals surface area contributed by atoms with Crippen LogP contribution in [0.3, 0.4) is 0 Å². The molecule has 2 rings (SSSR count). The predicted molar refractivity (Wildman–Crippen MR) is 75.0 cm³/mol. The van der Waals surface area contributed by atoms with Gasteiger partial charge in [0.05, 0.1) is 20.8 Å². The molecule has 0 saturated heterocycles. The topological polar surface area (TPSA) is 82.1 Å². The number of carbonyl (C=O) groups is 3. The van der Waals surface area contributed by atoms with Crippen LogP contribution in [0.15, 0.2) is 30.3 Å². The van der Waals surface area contributed by atoms with E-state index in [0.29, 0.717) is 12.0 Å². The van der Waals surface area contributed by atoms with Crippen LogP contribution in [0.25, 0.3) is 0 Å². The summed E-state index contributed by atoms with van der Waals surface area (Å²) in [7, 11) is 2.31. The number of carbonyl (C=O) groups excluding carboxylic acids is 3. The molecule has 7 heteroatoms. The van der Waals surface area contributed by atoms with E-state index >= 15 is 0 Å². The van der Waals surface area contributed by atoms with Crippen LogP contribution in [0.1, 0.15) is 16.8 Å². The van der Waals surface area contributed by atoms with Crippen LogP contribution >= 0.6 is 0 Å². The number of ketones is 1. The minimum absolute atomic E-state index is 0.0217. The molecule has 0 aliphatic heterocycles.